The molecule has 210 valence electrons. The van der Waals surface area contributed by atoms with Gasteiger partial charge in [-0.05, 0) is 91.5 Å². The number of fused-ring (bicyclic) bond motifs is 1. The van der Waals surface area contributed by atoms with Gasteiger partial charge >= 0.3 is 6.03 Å². The number of ketones is 1. The lowest BCUT2D eigenvalue weighted by Crippen LogP contribution is -2.50. The van der Waals surface area contributed by atoms with Crippen molar-refractivity contribution in [2.45, 2.75) is 64.5 Å². The number of benzene rings is 3. The number of urea groups is 1. The van der Waals surface area contributed by atoms with Gasteiger partial charge in [0.1, 0.15) is 18.4 Å². The van der Waals surface area contributed by atoms with Gasteiger partial charge in [-0.1, -0.05) is 54.6 Å². The van der Waals surface area contributed by atoms with Crippen LogP contribution in [0, 0.1) is 5.92 Å². The summed E-state index contributed by atoms with van der Waals surface area (Å²) >= 11 is 0. The Morgan fingerprint density at radius 3 is 2.59 bits per heavy atom. The molecule has 4 aromatic rings. The molecule has 2 amide bonds. The van der Waals surface area contributed by atoms with E-state index in [0.717, 1.165) is 29.7 Å². The van der Waals surface area contributed by atoms with Gasteiger partial charge in [-0.25, -0.2) is 14.5 Å². The summed E-state index contributed by atoms with van der Waals surface area (Å²) in [5.41, 5.74) is 7.77. The van der Waals surface area contributed by atoms with E-state index in [1.54, 1.807) is 11.0 Å². The van der Waals surface area contributed by atoms with Gasteiger partial charge in [0.2, 0.25) is 0 Å². The third-order valence-electron chi connectivity index (χ3n) is 8.19. The zero-order valence-electron chi connectivity index (χ0n) is 24.0. The van der Waals surface area contributed by atoms with Crippen LogP contribution in [0.25, 0.3) is 16.8 Å². The van der Waals surface area contributed by atoms with E-state index in [1.807, 2.05) is 56.0 Å². The molecule has 0 bridgehead atoms. The van der Waals surface area contributed by atoms with E-state index in [-0.39, 0.29) is 17.5 Å². The largest absolute Gasteiger partial charge is 0.333 e. The number of nitrogens with one attached hydrogen (secondary N) is 1. The van der Waals surface area contributed by atoms with Gasteiger partial charge in [0, 0.05) is 31.0 Å². The average Bonchev–Trinajstić information content (AvgIpc) is 3.59. The smallest absolute Gasteiger partial charge is 0.318 e. The van der Waals surface area contributed by atoms with E-state index < -0.39 is 0 Å². The second-order valence-electron chi connectivity index (χ2n) is 12.3. The second kappa shape index (κ2) is 11.0. The number of carbonyl (C=O) groups excluding carboxylic acids is 2. The Bertz CT molecular complexity index is 1560. The van der Waals surface area contributed by atoms with Crippen LogP contribution in [0.1, 0.15) is 61.8 Å². The fourth-order valence-corrected chi connectivity index (χ4v) is 6.04. The SMILES string of the molecule is CC(C)(C)NC(=O)N1CCc2c(-c3cccc(-n4cncn4)c3)ccc(CCC(=O)C3C[C@H]3c3ccccc3)c2C1. The molecule has 0 saturated heterocycles. The number of aromatic nitrogens is 3. The highest BCUT2D eigenvalue weighted by molar-refractivity contribution is 5.85. The first-order chi connectivity index (χ1) is 19.8. The third-order valence-corrected chi connectivity index (χ3v) is 8.19. The van der Waals surface area contributed by atoms with Gasteiger partial charge in [0.25, 0.3) is 0 Å². The lowest BCUT2D eigenvalue weighted by atomic mass is 9.86. The maximum atomic E-state index is 13.2. The van der Waals surface area contributed by atoms with Gasteiger partial charge in [-0.15, -0.1) is 0 Å². The summed E-state index contributed by atoms with van der Waals surface area (Å²) in [6, 6.07) is 23.0. The van der Waals surface area contributed by atoms with Crippen LogP contribution in [0.3, 0.4) is 0 Å². The summed E-state index contributed by atoms with van der Waals surface area (Å²) in [5.74, 6) is 0.824. The van der Waals surface area contributed by atoms with Crippen molar-refractivity contribution >= 4 is 11.8 Å². The summed E-state index contributed by atoms with van der Waals surface area (Å²) in [6.45, 7) is 7.18. The monoisotopic (exact) mass is 547 g/mol. The molecule has 3 aromatic carbocycles. The molecule has 0 spiro atoms. The topological polar surface area (TPSA) is 80.1 Å². The minimum absolute atomic E-state index is 0.0487. The molecule has 1 unspecified atom stereocenters. The Hall–Kier alpha value is -4.26. The van der Waals surface area contributed by atoms with Gasteiger partial charge in [-0.2, -0.15) is 5.10 Å². The minimum atomic E-state index is -0.310. The van der Waals surface area contributed by atoms with Crippen LogP contribution in [-0.4, -0.2) is 43.6 Å². The second-order valence-corrected chi connectivity index (χ2v) is 12.3. The highest BCUT2D eigenvalue weighted by Crippen LogP contribution is 2.48. The van der Waals surface area contributed by atoms with Crippen LogP contribution in [-0.2, 0) is 24.2 Å². The fraction of sp³-hybridized carbons (Fsp3) is 0.353. The molecule has 2 aliphatic rings. The van der Waals surface area contributed by atoms with Gasteiger partial charge in [0.15, 0.2) is 0 Å². The zero-order chi connectivity index (χ0) is 28.6. The van der Waals surface area contributed by atoms with Crippen molar-refractivity contribution in [2.75, 3.05) is 6.54 Å². The van der Waals surface area contributed by atoms with E-state index >= 15 is 0 Å². The summed E-state index contributed by atoms with van der Waals surface area (Å²) in [6.07, 6.45) is 6.15. The predicted molar refractivity (Wildman–Crippen MR) is 160 cm³/mol. The molecule has 1 aliphatic carbocycles. The van der Waals surface area contributed by atoms with Crippen molar-refractivity contribution in [3.8, 4) is 16.8 Å². The molecular formula is C34H37N5O2. The summed E-state index contributed by atoms with van der Waals surface area (Å²) in [7, 11) is 0. The van der Waals surface area contributed by atoms with E-state index in [2.05, 4.69) is 51.8 Å². The Kier molecular flexibility index (Phi) is 7.20. The number of hydrogen-bond donors (Lipinski definition) is 1. The van der Waals surface area contributed by atoms with Crippen LogP contribution in [0.4, 0.5) is 4.79 Å². The van der Waals surface area contributed by atoms with Crippen LogP contribution in [0.5, 0.6) is 0 Å². The molecule has 41 heavy (non-hydrogen) atoms. The normalized spacial score (nSPS) is 18.1. The molecule has 7 nitrogen and oxygen atoms in total. The number of aryl methyl sites for hydroxylation is 1. The Labute approximate surface area is 241 Å². The quantitative estimate of drug-likeness (QED) is 0.303. The first-order valence-electron chi connectivity index (χ1n) is 14.5. The Morgan fingerprint density at radius 2 is 1.83 bits per heavy atom. The molecule has 1 aromatic heterocycles. The molecular weight excluding hydrogens is 510 g/mol. The molecule has 1 saturated carbocycles. The van der Waals surface area contributed by atoms with Crippen molar-refractivity contribution in [3.05, 3.63) is 102 Å². The lowest BCUT2D eigenvalue weighted by molar-refractivity contribution is -0.120. The van der Waals surface area contributed by atoms with E-state index in [9.17, 15) is 9.59 Å². The van der Waals surface area contributed by atoms with Crippen molar-refractivity contribution in [1.82, 2.24) is 25.0 Å². The lowest BCUT2D eigenvalue weighted by Gasteiger charge is -2.34. The molecule has 2 atom stereocenters. The van der Waals surface area contributed by atoms with Crippen LogP contribution in [0.15, 0.2) is 79.4 Å². The molecule has 7 heteroatoms. The number of amides is 2. The molecule has 0 radical (unpaired) electrons. The van der Waals surface area contributed by atoms with Gasteiger partial charge in [0.05, 0.1) is 5.69 Å². The first-order valence-corrected chi connectivity index (χ1v) is 14.5. The summed E-state index contributed by atoms with van der Waals surface area (Å²) in [5, 5.41) is 7.41. The van der Waals surface area contributed by atoms with Crippen LogP contribution >= 0.6 is 0 Å². The molecule has 1 aliphatic heterocycles. The summed E-state index contributed by atoms with van der Waals surface area (Å²) < 4.78 is 1.76. The van der Waals surface area contributed by atoms with Gasteiger partial charge < -0.3 is 10.2 Å². The standard InChI is InChI=1S/C34H37N5O2/c1-34(2,3)37-33(41)38-17-16-28-27(25-10-7-11-26(18-25)39-22-35-21-36-39)14-12-24(31(28)20-38)13-15-32(40)30-19-29(30)23-8-5-4-6-9-23/h4-12,14,18,21-22,29-30H,13,15-17,19-20H2,1-3H3,(H,37,41)/t29-,30?/m0/s1. The van der Waals surface area contributed by atoms with Crippen molar-refractivity contribution in [1.29, 1.82) is 0 Å². The number of rotatable bonds is 7. The van der Waals surface area contributed by atoms with E-state index in [0.29, 0.717) is 37.6 Å². The highest BCUT2D eigenvalue weighted by Gasteiger charge is 2.43. The van der Waals surface area contributed by atoms with Crippen LogP contribution < -0.4 is 5.32 Å². The summed E-state index contributed by atoms with van der Waals surface area (Å²) in [4.78, 5) is 32.3. The molecule has 1 N–H and O–H groups in total. The van der Waals surface area contributed by atoms with Crippen molar-refractivity contribution < 1.29 is 9.59 Å². The number of Topliss-reactive ketones (excluding diaryl/α,β-unsaturated/α-hetero) is 1. The van der Waals surface area contributed by atoms with Crippen molar-refractivity contribution in [3.63, 3.8) is 0 Å². The van der Waals surface area contributed by atoms with Crippen LogP contribution in [0.2, 0.25) is 0 Å². The highest BCUT2D eigenvalue weighted by atomic mass is 16.2. The van der Waals surface area contributed by atoms with Gasteiger partial charge in [-0.3, -0.25) is 4.79 Å². The predicted octanol–water partition coefficient (Wildman–Crippen LogP) is 6.11. The maximum Gasteiger partial charge on any atom is 0.318 e. The molecule has 6 rings (SSSR count). The molecule has 2 heterocycles. The van der Waals surface area contributed by atoms with E-state index in [4.69, 9.17) is 0 Å². The first kappa shape index (κ1) is 26.9. The average molecular weight is 548 g/mol. The Balaban J connectivity index is 1.27. The maximum absolute atomic E-state index is 13.2. The fourth-order valence-electron chi connectivity index (χ4n) is 6.04. The zero-order valence-corrected chi connectivity index (χ0v) is 24.0. The molecule has 1 fully saturated rings. The number of hydrogen-bond acceptors (Lipinski definition) is 4. The van der Waals surface area contributed by atoms with Crippen molar-refractivity contribution in [2.24, 2.45) is 5.92 Å². The number of nitrogens with zero attached hydrogens (tertiary/aromatic N) is 4. The van der Waals surface area contributed by atoms with E-state index in [1.165, 1.54) is 28.6 Å². The Morgan fingerprint density at radius 1 is 1.00 bits per heavy atom. The third kappa shape index (κ3) is 5.94. The number of carbonyl (C=O) groups is 2. The minimum Gasteiger partial charge on any atom is -0.333 e.